The highest BCUT2D eigenvalue weighted by Crippen LogP contribution is 2.02. The molecule has 5 heteroatoms. The minimum absolute atomic E-state index is 0.156. The fourth-order valence-electron chi connectivity index (χ4n) is 0.921. The maximum atomic E-state index is 11.2. The molecule has 0 radical (unpaired) electrons. The molecule has 1 aromatic heterocycles. The van der Waals surface area contributed by atoms with Crippen molar-refractivity contribution >= 4 is 11.9 Å². The van der Waals surface area contributed by atoms with Gasteiger partial charge in [0.2, 0.25) is 5.76 Å². The Bertz CT molecular complexity index is 352. The van der Waals surface area contributed by atoms with Crippen molar-refractivity contribution in [3.05, 3.63) is 36.8 Å². The number of carbonyl (C=O) groups excluding carboxylic acids is 2. The molecule has 0 fully saturated rings. The first kappa shape index (κ1) is 12.0. The maximum Gasteiger partial charge on any atom is 0.374 e. The van der Waals surface area contributed by atoms with Crippen molar-refractivity contribution < 1.29 is 23.5 Å². The molecule has 86 valence electrons. The van der Waals surface area contributed by atoms with E-state index in [1.807, 2.05) is 0 Å². The zero-order chi connectivity index (χ0) is 11.8. The topological polar surface area (TPSA) is 65.7 Å². The number of ether oxygens (including phenoxy) is 2. The smallest absolute Gasteiger partial charge is 0.374 e. The van der Waals surface area contributed by atoms with E-state index in [-0.39, 0.29) is 19.0 Å². The van der Waals surface area contributed by atoms with Gasteiger partial charge in [0.15, 0.2) is 0 Å². The zero-order valence-corrected chi connectivity index (χ0v) is 8.68. The molecule has 0 aromatic carbocycles. The molecule has 0 saturated heterocycles. The summed E-state index contributed by atoms with van der Waals surface area (Å²) >= 11 is 0. The molecule has 0 aliphatic rings. The first-order valence-corrected chi connectivity index (χ1v) is 4.74. The van der Waals surface area contributed by atoms with Gasteiger partial charge in [0.1, 0.15) is 0 Å². The molecule has 0 atom stereocenters. The Morgan fingerprint density at radius 2 is 2.12 bits per heavy atom. The largest absolute Gasteiger partial charge is 0.462 e. The molecule has 0 bridgehead atoms. The second-order valence-electron chi connectivity index (χ2n) is 2.84. The molecule has 0 unspecified atom stereocenters. The Hall–Kier alpha value is -2.04. The van der Waals surface area contributed by atoms with Crippen LogP contribution in [0.2, 0.25) is 0 Å². The van der Waals surface area contributed by atoms with Gasteiger partial charge in [0.25, 0.3) is 0 Å². The molecule has 1 rings (SSSR count). The third-order valence-corrected chi connectivity index (χ3v) is 1.66. The van der Waals surface area contributed by atoms with Crippen LogP contribution < -0.4 is 0 Å². The third kappa shape index (κ3) is 4.00. The average molecular weight is 224 g/mol. The molecular weight excluding hydrogens is 212 g/mol. The number of rotatable bonds is 6. The van der Waals surface area contributed by atoms with E-state index in [0.29, 0.717) is 6.42 Å². The molecule has 0 N–H and O–H groups in total. The highest BCUT2D eigenvalue weighted by molar-refractivity contribution is 5.86. The SMILES string of the molecule is C=CC(=O)OCCCOC(=O)c1ccco1. The van der Waals surface area contributed by atoms with Crippen molar-refractivity contribution in [1.29, 1.82) is 0 Å². The average Bonchev–Trinajstić information content (AvgIpc) is 2.81. The van der Waals surface area contributed by atoms with Gasteiger partial charge < -0.3 is 13.9 Å². The quantitative estimate of drug-likeness (QED) is 0.416. The van der Waals surface area contributed by atoms with Crippen LogP contribution in [0.4, 0.5) is 0 Å². The van der Waals surface area contributed by atoms with Gasteiger partial charge >= 0.3 is 11.9 Å². The predicted octanol–water partition coefficient (Wildman–Crippen LogP) is 1.56. The minimum atomic E-state index is -0.528. The predicted molar refractivity (Wildman–Crippen MR) is 54.8 cm³/mol. The second-order valence-corrected chi connectivity index (χ2v) is 2.84. The Balaban J connectivity index is 2.10. The van der Waals surface area contributed by atoms with Gasteiger partial charge in [-0.05, 0) is 12.1 Å². The molecule has 5 nitrogen and oxygen atoms in total. The number of hydrogen-bond acceptors (Lipinski definition) is 5. The number of furan rings is 1. The molecule has 0 saturated carbocycles. The summed E-state index contributed by atoms with van der Waals surface area (Å²) in [5, 5.41) is 0. The van der Waals surface area contributed by atoms with E-state index in [1.54, 1.807) is 6.07 Å². The monoisotopic (exact) mass is 224 g/mol. The molecule has 0 spiro atoms. The minimum Gasteiger partial charge on any atom is -0.462 e. The first-order valence-electron chi connectivity index (χ1n) is 4.74. The number of hydrogen-bond donors (Lipinski definition) is 0. The first-order chi connectivity index (χ1) is 7.74. The van der Waals surface area contributed by atoms with Crippen LogP contribution in [-0.4, -0.2) is 25.2 Å². The van der Waals surface area contributed by atoms with Crippen molar-refractivity contribution in [2.24, 2.45) is 0 Å². The highest BCUT2D eigenvalue weighted by Gasteiger charge is 2.09. The van der Waals surface area contributed by atoms with Gasteiger partial charge in [-0.2, -0.15) is 0 Å². The fraction of sp³-hybridized carbons (Fsp3) is 0.273. The van der Waals surface area contributed by atoms with Crippen molar-refractivity contribution in [2.45, 2.75) is 6.42 Å². The maximum absolute atomic E-state index is 11.2. The van der Waals surface area contributed by atoms with Crippen LogP contribution in [-0.2, 0) is 14.3 Å². The van der Waals surface area contributed by atoms with Crippen molar-refractivity contribution in [2.75, 3.05) is 13.2 Å². The fourth-order valence-corrected chi connectivity index (χ4v) is 0.921. The molecule has 0 aliphatic carbocycles. The van der Waals surface area contributed by atoms with E-state index < -0.39 is 11.9 Å². The number of carbonyl (C=O) groups is 2. The summed E-state index contributed by atoms with van der Waals surface area (Å²) < 4.78 is 14.4. The van der Waals surface area contributed by atoms with Crippen LogP contribution in [0.15, 0.2) is 35.5 Å². The lowest BCUT2D eigenvalue weighted by atomic mass is 10.4. The van der Waals surface area contributed by atoms with Crippen LogP contribution >= 0.6 is 0 Å². The Morgan fingerprint density at radius 1 is 1.38 bits per heavy atom. The van der Waals surface area contributed by atoms with Gasteiger partial charge in [0.05, 0.1) is 19.5 Å². The molecule has 1 heterocycles. The summed E-state index contributed by atoms with van der Waals surface area (Å²) in [6.45, 7) is 3.61. The summed E-state index contributed by atoms with van der Waals surface area (Å²) in [5.74, 6) is -0.861. The standard InChI is InChI=1S/C11H12O5/c1-2-10(12)15-7-4-8-16-11(13)9-5-3-6-14-9/h2-3,5-6H,1,4,7-8H2. The zero-order valence-electron chi connectivity index (χ0n) is 8.68. The van der Waals surface area contributed by atoms with E-state index in [2.05, 4.69) is 6.58 Å². The second kappa shape index (κ2) is 6.44. The third-order valence-electron chi connectivity index (χ3n) is 1.66. The lowest BCUT2D eigenvalue weighted by molar-refractivity contribution is -0.137. The summed E-state index contributed by atoms with van der Waals surface area (Å²) in [7, 11) is 0. The number of esters is 2. The molecular formula is C11H12O5. The van der Waals surface area contributed by atoms with Gasteiger partial charge in [-0.3, -0.25) is 0 Å². The lowest BCUT2D eigenvalue weighted by Gasteiger charge is -2.03. The van der Waals surface area contributed by atoms with Gasteiger partial charge in [-0.25, -0.2) is 9.59 Å². The molecule has 1 aromatic rings. The van der Waals surface area contributed by atoms with E-state index in [9.17, 15) is 9.59 Å². The van der Waals surface area contributed by atoms with Crippen LogP contribution in [0.1, 0.15) is 17.0 Å². The Kier molecular flexibility index (Phi) is 4.85. The normalized spacial score (nSPS) is 9.50. The van der Waals surface area contributed by atoms with Crippen LogP contribution in [0, 0.1) is 0 Å². The van der Waals surface area contributed by atoms with Gasteiger partial charge in [-0.15, -0.1) is 0 Å². The highest BCUT2D eigenvalue weighted by atomic mass is 16.6. The Labute approximate surface area is 92.6 Å². The van der Waals surface area contributed by atoms with E-state index in [1.165, 1.54) is 12.3 Å². The van der Waals surface area contributed by atoms with Gasteiger partial charge in [-0.1, -0.05) is 6.58 Å². The van der Waals surface area contributed by atoms with E-state index in [0.717, 1.165) is 6.08 Å². The molecule has 0 amide bonds. The van der Waals surface area contributed by atoms with Crippen LogP contribution in [0.25, 0.3) is 0 Å². The van der Waals surface area contributed by atoms with Crippen molar-refractivity contribution in [1.82, 2.24) is 0 Å². The Morgan fingerprint density at radius 3 is 2.75 bits per heavy atom. The molecule has 0 aliphatic heterocycles. The summed E-state index contributed by atoms with van der Waals surface area (Å²) in [6, 6.07) is 3.11. The molecule has 16 heavy (non-hydrogen) atoms. The summed E-state index contributed by atoms with van der Waals surface area (Å²) in [4.78, 5) is 21.9. The summed E-state index contributed by atoms with van der Waals surface area (Å²) in [5.41, 5.74) is 0. The summed E-state index contributed by atoms with van der Waals surface area (Å²) in [6.07, 6.45) is 2.91. The van der Waals surface area contributed by atoms with Crippen LogP contribution in [0.5, 0.6) is 0 Å². The van der Waals surface area contributed by atoms with E-state index in [4.69, 9.17) is 13.9 Å². The van der Waals surface area contributed by atoms with Crippen molar-refractivity contribution in [3.63, 3.8) is 0 Å². The van der Waals surface area contributed by atoms with Gasteiger partial charge in [0, 0.05) is 12.5 Å². The lowest BCUT2D eigenvalue weighted by Crippen LogP contribution is -2.09. The van der Waals surface area contributed by atoms with Crippen LogP contribution in [0.3, 0.4) is 0 Å². The van der Waals surface area contributed by atoms with Crippen molar-refractivity contribution in [3.8, 4) is 0 Å². The van der Waals surface area contributed by atoms with E-state index >= 15 is 0 Å².